The molecule has 5 heteroatoms. The molecule has 1 aromatic rings. The van der Waals surface area contributed by atoms with Crippen LogP contribution in [0.1, 0.15) is 17.4 Å². The molecule has 0 spiro atoms. The van der Waals surface area contributed by atoms with Gasteiger partial charge in [0.25, 0.3) is 0 Å². The van der Waals surface area contributed by atoms with Crippen molar-refractivity contribution >= 4 is 17.5 Å². The summed E-state index contributed by atoms with van der Waals surface area (Å²) >= 11 is 6.15. The van der Waals surface area contributed by atoms with Gasteiger partial charge in [0.2, 0.25) is 5.91 Å². The Morgan fingerprint density at radius 3 is 2.61 bits per heavy atom. The monoisotopic (exact) mass is 269 g/mol. The summed E-state index contributed by atoms with van der Waals surface area (Å²) in [6, 6.07) is 5.38. The molecule has 1 heterocycles. The van der Waals surface area contributed by atoms with Gasteiger partial charge in [-0.05, 0) is 17.7 Å². The maximum absolute atomic E-state index is 11.8. The number of benzene rings is 1. The molecule has 1 aliphatic heterocycles. The Morgan fingerprint density at radius 1 is 1.28 bits per heavy atom. The number of hydrogen-bond donors (Lipinski definition) is 0. The molecule has 1 unspecified atom stereocenters. The van der Waals surface area contributed by atoms with Gasteiger partial charge < -0.3 is 14.4 Å². The van der Waals surface area contributed by atoms with Crippen molar-refractivity contribution in [3.05, 3.63) is 23.8 Å². The van der Waals surface area contributed by atoms with Gasteiger partial charge in [-0.3, -0.25) is 4.79 Å². The van der Waals surface area contributed by atoms with Crippen molar-refractivity contribution in [2.45, 2.75) is 11.8 Å². The molecular weight excluding hydrogens is 254 g/mol. The highest BCUT2D eigenvalue weighted by Crippen LogP contribution is 2.34. The van der Waals surface area contributed by atoms with Crippen molar-refractivity contribution in [3.8, 4) is 11.5 Å². The average Bonchev–Trinajstić information content (AvgIpc) is 2.60. The maximum Gasteiger partial charge on any atom is 0.244 e. The van der Waals surface area contributed by atoms with Crippen LogP contribution < -0.4 is 9.47 Å². The van der Waals surface area contributed by atoms with Crippen LogP contribution in [0.25, 0.3) is 0 Å². The highest BCUT2D eigenvalue weighted by molar-refractivity contribution is 6.30. The van der Waals surface area contributed by atoms with Gasteiger partial charge in [-0.2, -0.15) is 0 Å². The van der Waals surface area contributed by atoms with E-state index < -0.39 is 5.38 Å². The van der Waals surface area contributed by atoms with E-state index in [4.69, 9.17) is 21.1 Å². The molecular formula is C13H16ClNO3. The lowest BCUT2D eigenvalue weighted by Gasteiger charge is -2.16. The van der Waals surface area contributed by atoms with Crippen LogP contribution in [0.4, 0.5) is 0 Å². The number of carbonyl (C=O) groups is 1. The number of halogens is 1. The van der Waals surface area contributed by atoms with Crippen LogP contribution in [0.3, 0.4) is 0 Å². The van der Waals surface area contributed by atoms with Gasteiger partial charge in [-0.25, -0.2) is 0 Å². The van der Waals surface area contributed by atoms with Gasteiger partial charge in [-0.1, -0.05) is 6.07 Å². The molecule has 0 bridgehead atoms. The molecule has 0 radical (unpaired) electrons. The first-order valence-electron chi connectivity index (χ1n) is 5.84. The molecule has 98 valence electrons. The Balaban J connectivity index is 2.25. The van der Waals surface area contributed by atoms with Gasteiger partial charge in [0.05, 0.1) is 13.2 Å². The first-order valence-corrected chi connectivity index (χ1v) is 6.28. The van der Waals surface area contributed by atoms with Crippen LogP contribution in [0.15, 0.2) is 18.2 Å². The number of carbonyl (C=O) groups excluding carboxylic acids is 1. The van der Waals surface area contributed by atoms with Gasteiger partial charge in [0.15, 0.2) is 11.5 Å². The van der Waals surface area contributed by atoms with Crippen molar-refractivity contribution in [1.82, 2.24) is 4.90 Å². The number of fused-ring (bicyclic) bond motifs is 1. The topological polar surface area (TPSA) is 38.8 Å². The number of likely N-dealkylation sites (N-methyl/N-ethyl adjacent to an activating group) is 1. The zero-order valence-electron chi connectivity index (χ0n) is 10.5. The fraction of sp³-hybridized carbons (Fsp3) is 0.462. The predicted molar refractivity (Wildman–Crippen MR) is 69.3 cm³/mol. The lowest BCUT2D eigenvalue weighted by atomic mass is 10.1. The summed E-state index contributed by atoms with van der Waals surface area (Å²) in [7, 11) is 3.36. The third kappa shape index (κ3) is 2.70. The van der Waals surface area contributed by atoms with E-state index >= 15 is 0 Å². The Bertz CT molecular complexity index is 448. The Labute approximate surface area is 111 Å². The fourth-order valence-electron chi connectivity index (χ4n) is 1.71. The lowest BCUT2D eigenvalue weighted by molar-refractivity contribution is -0.128. The van der Waals surface area contributed by atoms with Gasteiger partial charge >= 0.3 is 0 Å². The second kappa shape index (κ2) is 5.48. The van der Waals surface area contributed by atoms with Crippen LogP contribution in [-0.4, -0.2) is 38.1 Å². The van der Waals surface area contributed by atoms with Crippen LogP contribution in [0.5, 0.6) is 11.5 Å². The van der Waals surface area contributed by atoms with Gasteiger partial charge in [0, 0.05) is 20.5 Å². The van der Waals surface area contributed by atoms with Crippen LogP contribution in [-0.2, 0) is 4.79 Å². The molecule has 4 nitrogen and oxygen atoms in total. The summed E-state index contributed by atoms with van der Waals surface area (Å²) in [6.07, 6.45) is 0.852. The number of amides is 1. The minimum atomic E-state index is -0.697. The molecule has 1 amide bonds. The van der Waals surface area contributed by atoms with E-state index in [1.807, 2.05) is 0 Å². The molecule has 0 saturated heterocycles. The normalized spacial score (nSPS) is 15.7. The molecule has 0 aliphatic carbocycles. The number of rotatable bonds is 2. The zero-order chi connectivity index (χ0) is 13.1. The highest BCUT2D eigenvalue weighted by atomic mass is 35.5. The van der Waals surface area contributed by atoms with E-state index in [9.17, 15) is 4.79 Å². The van der Waals surface area contributed by atoms with E-state index in [0.717, 1.165) is 12.0 Å². The predicted octanol–water partition coefficient (Wildman–Crippen LogP) is 2.22. The Hall–Kier alpha value is -1.42. The molecule has 0 N–H and O–H groups in total. The smallest absolute Gasteiger partial charge is 0.244 e. The third-order valence-corrected chi connectivity index (χ3v) is 3.16. The second-order valence-electron chi connectivity index (χ2n) is 4.35. The fourth-order valence-corrected chi connectivity index (χ4v) is 2.04. The van der Waals surface area contributed by atoms with E-state index in [-0.39, 0.29) is 5.91 Å². The minimum absolute atomic E-state index is 0.147. The summed E-state index contributed by atoms with van der Waals surface area (Å²) in [6.45, 7) is 1.26. The van der Waals surface area contributed by atoms with Crippen molar-refractivity contribution in [2.75, 3.05) is 27.3 Å². The van der Waals surface area contributed by atoms with Crippen LogP contribution in [0.2, 0.25) is 0 Å². The first-order chi connectivity index (χ1) is 8.59. The second-order valence-corrected chi connectivity index (χ2v) is 4.79. The van der Waals surface area contributed by atoms with E-state index in [1.54, 1.807) is 32.3 Å². The molecule has 0 saturated carbocycles. The number of alkyl halides is 1. The third-order valence-electron chi connectivity index (χ3n) is 2.72. The Kier molecular flexibility index (Phi) is 3.97. The van der Waals surface area contributed by atoms with Crippen molar-refractivity contribution in [2.24, 2.45) is 0 Å². The standard InChI is InChI=1S/C13H16ClNO3/c1-15(2)13(16)12(14)9-4-5-10-11(8-9)18-7-3-6-17-10/h4-5,8,12H,3,6-7H2,1-2H3. The van der Waals surface area contributed by atoms with E-state index in [0.29, 0.717) is 24.7 Å². The van der Waals surface area contributed by atoms with E-state index in [2.05, 4.69) is 0 Å². The molecule has 2 rings (SSSR count). The highest BCUT2D eigenvalue weighted by Gasteiger charge is 2.21. The first kappa shape index (κ1) is 13.0. The number of nitrogens with zero attached hydrogens (tertiary/aromatic N) is 1. The van der Waals surface area contributed by atoms with Crippen LogP contribution in [0, 0.1) is 0 Å². The quantitative estimate of drug-likeness (QED) is 0.773. The zero-order valence-corrected chi connectivity index (χ0v) is 11.2. The van der Waals surface area contributed by atoms with Crippen molar-refractivity contribution < 1.29 is 14.3 Å². The van der Waals surface area contributed by atoms with Gasteiger partial charge in [0.1, 0.15) is 5.38 Å². The van der Waals surface area contributed by atoms with E-state index in [1.165, 1.54) is 4.90 Å². The minimum Gasteiger partial charge on any atom is -0.490 e. The SMILES string of the molecule is CN(C)C(=O)C(Cl)c1ccc2c(c1)OCCCO2. The maximum atomic E-state index is 11.8. The van der Waals surface area contributed by atoms with Gasteiger partial charge in [-0.15, -0.1) is 11.6 Å². The lowest BCUT2D eigenvalue weighted by Crippen LogP contribution is -2.25. The molecule has 1 aliphatic rings. The Morgan fingerprint density at radius 2 is 1.94 bits per heavy atom. The molecule has 1 aromatic carbocycles. The van der Waals surface area contributed by atoms with Crippen LogP contribution >= 0.6 is 11.6 Å². The number of hydrogen-bond acceptors (Lipinski definition) is 3. The summed E-state index contributed by atoms with van der Waals surface area (Å²) in [4.78, 5) is 13.3. The van der Waals surface area contributed by atoms with Crippen molar-refractivity contribution in [3.63, 3.8) is 0 Å². The number of ether oxygens (including phenoxy) is 2. The molecule has 0 aromatic heterocycles. The van der Waals surface area contributed by atoms with Crippen molar-refractivity contribution in [1.29, 1.82) is 0 Å². The summed E-state index contributed by atoms with van der Waals surface area (Å²) in [5, 5.41) is -0.697. The summed E-state index contributed by atoms with van der Waals surface area (Å²) in [5.41, 5.74) is 0.722. The average molecular weight is 270 g/mol. The largest absolute Gasteiger partial charge is 0.490 e. The molecule has 0 fully saturated rings. The summed E-state index contributed by atoms with van der Waals surface area (Å²) < 4.78 is 11.1. The molecule has 1 atom stereocenters. The molecule has 18 heavy (non-hydrogen) atoms. The summed E-state index contributed by atoms with van der Waals surface area (Å²) in [5.74, 6) is 1.21.